The molecule has 0 saturated heterocycles. The van der Waals surface area contributed by atoms with Crippen molar-refractivity contribution in [3.63, 3.8) is 0 Å². The van der Waals surface area contributed by atoms with Crippen molar-refractivity contribution in [3.05, 3.63) is 42.1 Å². The van der Waals surface area contributed by atoms with Gasteiger partial charge < -0.3 is 27.4 Å². The number of rotatable bonds is 29. The first-order valence-corrected chi connectivity index (χ1v) is 19.8. The Morgan fingerprint density at radius 1 is 0.846 bits per heavy atom. The number of benzene rings is 1. The predicted octanol–water partition coefficient (Wildman–Crippen LogP) is 6.69. The molecule has 11 nitrogen and oxygen atoms in total. The van der Waals surface area contributed by atoms with Crippen LogP contribution < -0.4 is 22.5 Å². The van der Waals surface area contributed by atoms with Gasteiger partial charge in [0.1, 0.15) is 0 Å². The summed E-state index contributed by atoms with van der Waals surface area (Å²) < 4.78 is 0. The van der Waals surface area contributed by atoms with Crippen LogP contribution in [0.15, 0.2) is 41.5 Å². The van der Waals surface area contributed by atoms with Gasteiger partial charge in [-0.1, -0.05) is 116 Å². The number of aliphatic imine (C=N–C) groups is 1. The number of hydrogen-bond acceptors (Lipinski definition) is 6. The zero-order valence-corrected chi connectivity index (χ0v) is 32.3. The minimum atomic E-state index is -0.879. The van der Waals surface area contributed by atoms with E-state index in [0.717, 1.165) is 35.7 Å². The average molecular weight is 722 g/mol. The van der Waals surface area contributed by atoms with E-state index in [0.29, 0.717) is 19.3 Å². The fraction of sp³-hybridized carbons (Fsp3) is 0.659. The summed E-state index contributed by atoms with van der Waals surface area (Å²) in [4.78, 5) is 62.9. The molecule has 2 aromatic rings. The second-order valence-electron chi connectivity index (χ2n) is 14.7. The summed E-state index contributed by atoms with van der Waals surface area (Å²) in [7, 11) is 0. The van der Waals surface area contributed by atoms with E-state index in [4.69, 9.17) is 17.2 Å². The molecule has 2 rings (SSSR count). The Morgan fingerprint density at radius 2 is 1.46 bits per heavy atom. The topological polar surface area (TPSA) is 187 Å². The normalized spacial score (nSPS) is 12.4. The smallest absolute Gasteiger partial charge is 0.240 e. The lowest BCUT2D eigenvalue weighted by molar-refractivity contribution is -0.137. The van der Waals surface area contributed by atoms with E-state index in [1.807, 2.05) is 44.2 Å². The molecule has 0 radical (unpaired) electrons. The first-order chi connectivity index (χ1) is 25.0. The SMILES string of the molecule is CCCCCCCCCCCCCCCC(=O)N(CC(=O)N[C@@H](CCCN=C(N)N)C(=O)C[C@@H](CC(C)C)C(N)=O)Cc1cnc2ccccc2c1. The molecular formula is C41H67N7O4. The highest BCUT2D eigenvalue weighted by atomic mass is 16.2. The number of hydrogen-bond donors (Lipinski definition) is 4. The second-order valence-corrected chi connectivity index (χ2v) is 14.7. The summed E-state index contributed by atoms with van der Waals surface area (Å²) >= 11 is 0. The van der Waals surface area contributed by atoms with Crippen molar-refractivity contribution >= 4 is 40.4 Å². The Balaban J connectivity index is 2.04. The quantitative estimate of drug-likeness (QED) is 0.0409. The summed E-state index contributed by atoms with van der Waals surface area (Å²) in [6.45, 7) is 6.45. The number of nitrogens with one attached hydrogen (secondary N) is 1. The largest absolute Gasteiger partial charge is 0.370 e. The fourth-order valence-corrected chi connectivity index (χ4v) is 6.59. The van der Waals surface area contributed by atoms with Crippen LogP contribution in [-0.2, 0) is 25.7 Å². The maximum atomic E-state index is 13.6. The fourth-order valence-electron chi connectivity index (χ4n) is 6.59. The Morgan fingerprint density at radius 3 is 2.06 bits per heavy atom. The number of para-hydroxylation sites is 1. The van der Waals surface area contributed by atoms with Crippen molar-refractivity contribution in [1.29, 1.82) is 0 Å². The van der Waals surface area contributed by atoms with Crippen LogP contribution in [0.3, 0.4) is 0 Å². The highest BCUT2D eigenvalue weighted by Crippen LogP contribution is 2.19. The van der Waals surface area contributed by atoms with E-state index in [1.165, 1.54) is 64.2 Å². The van der Waals surface area contributed by atoms with Crippen molar-refractivity contribution in [2.45, 2.75) is 149 Å². The molecule has 1 heterocycles. The molecule has 0 aliphatic rings. The van der Waals surface area contributed by atoms with E-state index in [2.05, 4.69) is 22.2 Å². The van der Waals surface area contributed by atoms with Crippen LogP contribution in [0.5, 0.6) is 0 Å². The first kappa shape index (κ1) is 44.1. The minimum Gasteiger partial charge on any atom is -0.370 e. The van der Waals surface area contributed by atoms with E-state index < -0.39 is 23.8 Å². The maximum Gasteiger partial charge on any atom is 0.240 e. The highest BCUT2D eigenvalue weighted by Gasteiger charge is 2.28. The van der Waals surface area contributed by atoms with Gasteiger partial charge in [0.2, 0.25) is 17.7 Å². The summed E-state index contributed by atoms with van der Waals surface area (Å²) in [5, 5.41) is 3.81. The summed E-state index contributed by atoms with van der Waals surface area (Å²) in [5.41, 5.74) is 18.2. The molecule has 11 heteroatoms. The molecule has 0 aliphatic carbocycles. The lowest BCUT2D eigenvalue weighted by Gasteiger charge is -2.25. The molecule has 7 N–H and O–H groups in total. The van der Waals surface area contributed by atoms with Crippen molar-refractivity contribution < 1.29 is 19.2 Å². The standard InChI is InChI=1S/C41H67N7O4/c1-4-5-6-7-8-9-10-11-12-13-14-15-16-23-39(51)48(29-32-26-33-20-17-18-21-35(33)46-28-32)30-38(50)47-36(22-19-24-45-41(43)44)37(49)27-34(40(42)52)25-31(2)3/h17-18,20-21,26,28,31,34,36H,4-16,19,22-25,27,29-30H2,1-3H3,(H2,42,52)(H,47,50)(H4,43,44,45)/t34-,36+/m1/s1. The monoisotopic (exact) mass is 722 g/mol. The van der Waals surface area contributed by atoms with Crippen LogP contribution >= 0.6 is 0 Å². The molecular weight excluding hydrogens is 654 g/mol. The van der Waals surface area contributed by atoms with Crippen LogP contribution in [0.1, 0.15) is 142 Å². The lowest BCUT2D eigenvalue weighted by atomic mass is 9.89. The number of nitrogens with zero attached hydrogens (tertiary/aromatic N) is 3. The predicted molar refractivity (Wildman–Crippen MR) is 211 cm³/mol. The number of nitrogens with two attached hydrogens (primary N) is 3. The van der Waals surface area contributed by atoms with Crippen LogP contribution in [0.25, 0.3) is 10.9 Å². The molecule has 0 aliphatic heterocycles. The molecule has 0 fully saturated rings. The molecule has 2 atom stereocenters. The number of carbonyl (C=O) groups is 4. The Kier molecular flexibility index (Phi) is 21.9. The number of primary amides is 1. The Hall–Kier alpha value is -4.02. The lowest BCUT2D eigenvalue weighted by Crippen LogP contribution is -2.47. The summed E-state index contributed by atoms with van der Waals surface area (Å²) in [5.74, 6) is -1.92. The third-order valence-electron chi connectivity index (χ3n) is 9.48. The number of aromatic nitrogens is 1. The molecule has 0 spiro atoms. The Bertz CT molecular complexity index is 1390. The molecule has 52 heavy (non-hydrogen) atoms. The van der Waals surface area contributed by atoms with E-state index in [1.54, 1.807) is 11.1 Å². The zero-order chi connectivity index (χ0) is 38.1. The number of ketones is 1. The van der Waals surface area contributed by atoms with Gasteiger partial charge in [-0.05, 0) is 49.3 Å². The van der Waals surface area contributed by atoms with Gasteiger partial charge >= 0.3 is 0 Å². The number of carbonyl (C=O) groups excluding carboxylic acids is 4. The van der Waals surface area contributed by atoms with Crippen molar-refractivity contribution in [2.75, 3.05) is 13.1 Å². The average Bonchev–Trinajstić information content (AvgIpc) is 3.10. The van der Waals surface area contributed by atoms with Gasteiger partial charge in [0.25, 0.3) is 0 Å². The van der Waals surface area contributed by atoms with Crippen LogP contribution in [0.4, 0.5) is 0 Å². The second kappa shape index (κ2) is 25.9. The third-order valence-corrected chi connectivity index (χ3v) is 9.48. The van der Waals surface area contributed by atoms with Gasteiger partial charge in [0.05, 0.1) is 18.1 Å². The molecule has 0 saturated carbocycles. The number of fused-ring (bicyclic) bond motifs is 1. The van der Waals surface area contributed by atoms with Gasteiger partial charge in [-0.2, -0.15) is 0 Å². The van der Waals surface area contributed by atoms with E-state index in [9.17, 15) is 19.2 Å². The molecule has 0 unspecified atom stereocenters. The van der Waals surface area contributed by atoms with Gasteiger partial charge in [-0.25, -0.2) is 0 Å². The van der Waals surface area contributed by atoms with Crippen LogP contribution in [-0.4, -0.2) is 58.5 Å². The number of guanidine groups is 1. The number of Topliss-reactive ketones (excluding diaryl/α,β-unsaturated/α-hetero) is 1. The molecule has 1 aromatic heterocycles. The van der Waals surface area contributed by atoms with Crippen LogP contribution in [0.2, 0.25) is 0 Å². The number of amides is 3. The highest BCUT2D eigenvalue weighted by molar-refractivity contribution is 5.93. The zero-order valence-electron chi connectivity index (χ0n) is 32.3. The van der Waals surface area contributed by atoms with Crippen LogP contribution in [0, 0.1) is 11.8 Å². The Labute approximate surface area is 312 Å². The van der Waals surface area contributed by atoms with E-state index in [-0.39, 0.29) is 56.0 Å². The third kappa shape index (κ3) is 19.0. The molecule has 0 bridgehead atoms. The number of pyridine rings is 1. The first-order valence-electron chi connectivity index (χ1n) is 19.8. The van der Waals surface area contributed by atoms with Crippen molar-refractivity contribution in [2.24, 2.45) is 34.0 Å². The minimum absolute atomic E-state index is 0.0570. The van der Waals surface area contributed by atoms with Crippen molar-refractivity contribution in [1.82, 2.24) is 15.2 Å². The van der Waals surface area contributed by atoms with Gasteiger partial charge in [0.15, 0.2) is 11.7 Å². The van der Waals surface area contributed by atoms with Crippen molar-refractivity contribution in [3.8, 4) is 0 Å². The van der Waals surface area contributed by atoms with E-state index >= 15 is 0 Å². The van der Waals surface area contributed by atoms with Gasteiger partial charge in [-0.15, -0.1) is 0 Å². The summed E-state index contributed by atoms with van der Waals surface area (Å²) in [6.07, 6.45) is 19.0. The van der Waals surface area contributed by atoms with Gasteiger partial charge in [0, 0.05) is 43.4 Å². The molecule has 3 amide bonds. The van der Waals surface area contributed by atoms with Gasteiger partial charge in [-0.3, -0.25) is 29.2 Å². The summed E-state index contributed by atoms with van der Waals surface area (Å²) in [6, 6.07) is 8.87. The number of unbranched alkanes of at least 4 members (excludes halogenated alkanes) is 12. The molecule has 1 aromatic carbocycles. The molecule has 290 valence electrons. The maximum absolute atomic E-state index is 13.6.